The van der Waals surface area contributed by atoms with Gasteiger partial charge in [0.2, 0.25) is 0 Å². The Hall–Kier alpha value is -4.45. The van der Waals surface area contributed by atoms with Crippen molar-refractivity contribution in [2.24, 2.45) is 0 Å². The predicted molar refractivity (Wildman–Crippen MR) is 329 cm³/mol. The fourth-order valence-corrected chi connectivity index (χ4v) is 8.25. The first-order chi connectivity index (χ1) is 37.5. The average Bonchev–Trinajstić information content (AvgIpc) is 3.42. The van der Waals surface area contributed by atoms with Crippen molar-refractivity contribution >= 4 is 17.9 Å². The summed E-state index contributed by atoms with van der Waals surface area (Å²) in [5, 5.41) is 0. The summed E-state index contributed by atoms with van der Waals surface area (Å²) in [5.41, 5.74) is 0. The van der Waals surface area contributed by atoms with Gasteiger partial charge in [-0.15, -0.1) is 0 Å². The van der Waals surface area contributed by atoms with E-state index in [9.17, 15) is 14.4 Å². The zero-order valence-corrected chi connectivity index (χ0v) is 49.2. The van der Waals surface area contributed by atoms with E-state index in [1.54, 1.807) is 0 Å². The van der Waals surface area contributed by atoms with Gasteiger partial charge in [0, 0.05) is 19.3 Å². The third-order valence-corrected chi connectivity index (χ3v) is 12.9. The number of allylic oxidation sites excluding steroid dienone is 22. The van der Waals surface area contributed by atoms with E-state index in [1.165, 1.54) is 96.3 Å². The van der Waals surface area contributed by atoms with Crippen LogP contribution in [-0.4, -0.2) is 37.2 Å². The molecule has 1 atom stereocenters. The Morgan fingerprint density at radius 3 is 0.842 bits per heavy atom. The Bertz CT molecular complexity index is 1630. The molecular weight excluding hydrogens is 937 g/mol. The second-order valence-corrected chi connectivity index (χ2v) is 20.2. The van der Waals surface area contributed by atoms with Gasteiger partial charge in [0.25, 0.3) is 0 Å². The summed E-state index contributed by atoms with van der Waals surface area (Å²) in [5.74, 6) is -0.981. The van der Waals surface area contributed by atoms with E-state index in [1.807, 2.05) is 0 Å². The van der Waals surface area contributed by atoms with Crippen LogP contribution in [0.15, 0.2) is 134 Å². The summed E-state index contributed by atoms with van der Waals surface area (Å²) in [6.07, 6.45) is 88.9. The molecule has 0 aromatic rings. The molecule has 76 heavy (non-hydrogen) atoms. The molecule has 0 aromatic heterocycles. The van der Waals surface area contributed by atoms with Crippen molar-refractivity contribution in [2.45, 2.75) is 277 Å². The first kappa shape index (κ1) is 71.5. The zero-order chi connectivity index (χ0) is 55.0. The van der Waals surface area contributed by atoms with E-state index in [0.717, 1.165) is 128 Å². The number of carbonyl (C=O) groups is 3. The minimum Gasteiger partial charge on any atom is -0.462 e. The van der Waals surface area contributed by atoms with Gasteiger partial charge in [0.05, 0.1) is 0 Å². The summed E-state index contributed by atoms with van der Waals surface area (Å²) < 4.78 is 16.8. The summed E-state index contributed by atoms with van der Waals surface area (Å²) in [6.45, 7) is 6.32. The molecule has 0 bridgehead atoms. The molecule has 0 fully saturated rings. The van der Waals surface area contributed by atoms with Crippen LogP contribution in [0.4, 0.5) is 0 Å². The lowest BCUT2D eigenvalue weighted by molar-refractivity contribution is -0.167. The second-order valence-electron chi connectivity index (χ2n) is 20.2. The van der Waals surface area contributed by atoms with Gasteiger partial charge in [-0.3, -0.25) is 14.4 Å². The van der Waals surface area contributed by atoms with E-state index in [0.29, 0.717) is 19.3 Å². The van der Waals surface area contributed by atoms with Crippen LogP contribution in [0, 0.1) is 0 Å². The summed E-state index contributed by atoms with van der Waals surface area (Å²) in [6, 6.07) is 0. The molecule has 0 saturated carbocycles. The van der Waals surface area contributed by atoms with Crippen LogP contribution in [-0.2, 0) is 28.6 Å². The van der Waals surface area contributed by atoms with E-state index < -0.39 is 6.10 Å². The van der Waals surface area contributed by atoms with Crippen LogP contribution in [0.3, 0.4) is 0 Å². The molecule has 0 rings (SSSR count). The highest BCUT2D eigenvalue weighted by Gasteiger charge is 2.19. The molecule has 0 amide bonds. The normalized spacial score (nSPS) is 13.0. The van der Waals surface area contributed by atoms with Gasteiger partial charge in [-0.25, -0.2) is 0 Å². The van der Waals surface area contributed by atoms with Gasteiger partial charge in [-0.05, 0) is 122 Å². The van der Waals surface area contributed by atoms with Crippen molar-refractivity contribution in [1.82, 2.24) is 0 Å². The molecule has 0 N–H and O–H groups in total. The first-order valence-corrected chi connectivity index (χ1v) is 31.2. The van der Waals surface area contributed by atoms with Crippen LogP contribution >= 0.6 is 0 Å². The quantitative estimate of drug-likeness (QED) is 0.0261. The molecule has 430 valence electrons. The predicted octanol–water partition coefficient (Wildman–Crippen LogP) is 21.4. The highest BCUT2D eigenvalue weighted by Crippen LogP contribution is 2.15. The van der Waals surface area contributed by atoms with E-state index in [4.69, 9.17) is 14.2 Å². The molecule has 1 unspecified atom stereocenters. The SMILES string of the molecule is CC/C=C\C/C=C\C/C=C\C/C=C\C/C=C\CCCC(=O)OC(COC(=O)CCCCCCC/C=C\C/C=C\CCCC)COC(=O)CCCCCCCCCCCCCCCC/C=C\C/C=C\C/C=C\C/C=C\CC. The van der Waals surface area contributed by atoms with Crippen LogP contribution in [0.25, 0.3) is 0 Å². The summed E-state index contributed by atoms with van der Waals surface area (Å²) in [4.78, 5) is 38.2. The van der Waals surface area contributed by atoms with Crippen molar-refractivity contribution in [3.05, 3.63) is 134 Å². The number of rotatable bonds is 55. The van der Waals surface area contributed by atoms with Gasteiger partial charge in [0.15, 0.2) is 6.10 Å². The lowest BCUT2D eigenvalue weighted by Gasteiger charge is -2.18. The van der Waals surface area contributed by atoms with Crippen LogP contribution in [0.5, 0.6) is 0 Å². The number of unbranched alkanes of at least 4 members (excludes halogenated alkanes) is 22. The van der Waals surface area contributed by atoms with Gasteiger partial charge < -0.3 is 14.2 Å². The highest BCUT2D eigenvalue weighted by atomic mass is 16.6. The topological polar surface area (TPSA) is 78.9 Å². The lowest BCUT2D eigenvalue weighted by Crippen LogP contribution is -2.30. The standard InChI is InChI=1S/C70H114O6/c1-4-7-10-13-16-19-22-25-28-30-31-32-33-34-35-36-37-38-39-41-42-45-48-51-54-57-60-63-69(72)75-66-67(65-74-68(71)62-59-56-53-50-47-44-27-24-21-18-15-12-9-6-3)76-70(73)64-61-58-55-52-49-46-43-40-29-26-23-20-17-14-11-8-5-2/h7-8,10-11,15-20,24-29,31-32,43,46,52,55,67H,4-6,9,12-14,21-23,30,33-42,44-45,47-51,53-54,56-66H2,1-3H3/b10-7-,11-8-,18-15-,19-16-,20-17-,27-24-,28-25-,29-26-,32-31-,46-43-,55-52-. The summed E-state index contributed by atoms with van der Waals surface area (Å²) >= 11 is 0. The van der Waals surface area contributed by atoms with Crippen molar-refractivity contribution in [1.29, 1.82) is 0 Å². The number of carbonyl (C=O) groups excluding carboxylic acids is 3. The summed E-state index contributed by atoms with van der Waals surface area (Å²) in [7, 11) is 0. The fourth-order valence-electron chi connectivity index (χ4n) is 8.25. The number of hydrogen-bond acceptors (Lipinski definition) is 6. The fraction of sp³-hybridized carbons (Fsp3) is 0.643. The van der Waals surface area contributed by atoms with Crippen LogP contribution in [0.1, 0.15) is 271 Å². The van der Waals surface area contributed by atoms with Crippen molar-refractivity contribution < 1.29 is 28.6 Å². The Kier molecular flexibility index (Phi) is 59.4. The number of hydrogen-bond donors (Lipinski definition) is 0. The van der Waals surface area contributed by atoms with Gasteiger partial charge in [0.1, 0.15) is 13.2 Å². The van der Waals surface area contributed by atoms with E-state index in [2.05, 4.69) is 154 Å². The highest BCUT2D eigenvalue weighted by molar-refractivity contribution is 5.71. The molecule has 0 aliphatic carbocycles. The second kappa shape index (κ2) is 63.1. The zero-order valence-electron chi connectivity index (χ0n) is 49.2. The molecule has 0 aromatic carbocycles. The van der Waals surface area contributed by atoms with E-state index >= 15 is 0 Å². The van der Waals surface area contributed by atoms with Crippen LogP contribution in [0.2, 0.25) is 0 Å². The Morgan fingerprint density at radius 2 is 0.526 bits per heavy atom. The Balaban J connectivity index is 4.37. The molecule has 0 spiro atoms. The van der Waals surface area contributed by atoms with Crippen molar-refractivity contribution in [3.8, 4) is 0 Å². The minimum absolute atomic E-state index is 0.108. The average molecular weight is 1050 g/mol. The van der Waals surface area contributed by atoms with Crippen LogP contribution < -0.4 is 0 Å². The smallest absolute Gasteiger partial charge is 0.306 e. The van der Waals surface area contributed by atoms with Gasteiger partial charge in [-0.1, -0.05) is 264 Å². The Labute approximate surface area is 468 Å². The molecule has 6 heteroatoms. The van der Waals surface area contributed by atoms with Gasteiger partial charge >= 0.3 is 17.9 Å². The maximum Gasteiger partial charge on any atom is 0.306 e. The molecular formula is C70H114O6. The molecule has 0 aliphatic heterocycles. The number of ether oxygens (including phenoxy) is 3. The molecule has 0 heterocycles. The third kappa shape index (κ3) is 60.4. The van der Waals surface area contributed by atoms with Gasteiger partial charge in [-0.2, -0.15) is 0 Å². The van der Waals surface area contributed by atoms with Crippen molar-refractivity contribution in [2.75, 3.05) is 13.2 Å². The van der Waals surface area contributed by atoms with E-state index in [-0.39, 0.29) is 37.5 Å². The van der Waals surface area contributed by atoms with Crippen molar-refractivity contribution in [3.63, 3.8) is 0 Å². The number of esters is 3. The maximum absolute atomic E-state index is 12.9. The molecule has 0 radical (unpaired) electrons. The minimum atomic E-state index is -0.818. The third-order valence-electron chi connectivity index (χ3n) is 12.9. The molecule has 0 saturated heterocycles. The maximum atomic E-state index is 12.9. The Morgan fingerprint density at radius 1 is 0.276 bits per heavy atom. The molecule has 0 aliphatic rings. The lowest BCUT2D eigenvalue weighted by atomic mass is 10.0. The first-order valence-electron chi connectivity index (χ1n) is 31.2. The largest absolute Gasteiger partial charge is 0.462 e. The monoisotopic (exact) mass is 1050 g/mol. The molecule has 6 nitrogen and oxygen atoms in total.